The number of hydrogen-bond acceptors (Lipinski definition) is 4. The van der Waals surface area contributed by atoms with E-state index in [-0.39, 0.29) is 16.2 Å². The average molecular weight is 659 g/mol. The van der Waals surface area contributed by atoms with Gasteiger partial charge in [-0.05, 0) is 53.3 Å². The molecule has 2 aromatic carbocycles. The third-order valence-corrected chi connectivity index (χ3v) is 10.5. The molecule has 49 heavy (non-hydrogen) atoms. The third kappa shape index (κ3) is 8.67. The number of pyridine rings is 1. The number of hydrogen-bond donors (Lipinski definition) is 0. The first-order valence-corrected chi connectivity index (χ1v) is 19.5. The first-order valence-electron chi connectivity index (χ1n) is 19.5. The van der Waals surface area contributed by atoms with E-state index in [1.807, 2.05) is 6.20 Å². The Morgan fingerprint density at radius 3 is 1.61 bits per heavy atom. The van der Waals surface area contributed by atoms with Gasteiger partial charge in [0.05, 0.1) is 5.69 Å². The van der Waals surface area contributed by atoms with Gasteiger partial charge in [0.2, 0.25) is 0 Å². The van der Waals surface area contributed by atoms with E-state index >= 15 is 0 Å². The Balaban J connectivity index is 1.49. The lowest BCUT2D eigenvalue weighted by molar-refractivity contribution is 0.398. The zero-order valence-corrected chi connectivity index (χ0v) is 32.0. The minimum absolute atomic E-state index is 0.0645. The molecule has 0 atom stereocenters. The van der Waals surface area contributed by atoms with E-state index in [1.165, 1.54) is 112 Å². The smallest absolute Gasteiger partial charge is 0.164 e. The molecule has 262 valence electrons. The van der Waals surface area contributed by atoms with Crippen LogP contribution in [-0.4, -0.2) is 19.9 Å². The van der Waals surface area contributed by atoms with Crippen molar-refractivity contribution in [2.75, 3.05) is 0 Å². The summed E-state index contributed by atoms with van der Waals surface area (Å²) in [4.78, 5) is 19.7. The van der Waals surface area contributed by atoms with Crippen molar-refractivity contribution in [3.63, 3.8) is 0 Å². The molecule has 0 unspecified atom stereocenters. The fourth-order valence-corrected chi connectivity index (χ4v) is 7.57. The van der Waals surface area contributed by atoms with Crippen LogP contribution in [-0.2, 0) is 16.2 Å². The molecular formula is C45H62N4. The van der Waals surface area contributed by atoms with Gasteiger partial charge >= 0.3 is 0 Å². The number of rotatable bonds is 16. The highest BCUT2D eigenvalue weighted by Crippen LogP contribution is 2.55. The fourth-order valence-electron chi connectivity index (χ4n) is 7.57. The van der Waals surface area contributed by atoms with Crippen LogP contribution in [0.2, 0.25) is 0 Å². The molecule has 0 saturated carbocycles. The molecule has 0 amide bonds. The second kappa shape index (κ2) is 16.1. The van der Waals surface area contributed by atoms with Crippen LogP contribution in [0.4, 0.5) is 0 Å². The maximum atomic E-state index is 5.04. The van der Waals surface area contributed by atoms with Gasteiger partial charge < -0.3 is 0 Å². The Bertz CT molecular complexity index is 1610. The van der Waals surface area contributed by atoms with Crippen LogP contribution in [0.5, 0.6) is 0 Å². The van der Waals surface area contributed by atoms with Crippen LogP contribution in [0, 0.1) is 0 Å². The lowest BCUT2D eigenvalue weighted by Crippen LogP contribution is -2.25. The molecule has 2 aromatic heterocycles. The maximum absolute atomic E-state index is 5.04. The Morgan fingerprint density at radius 1 is 0.531 bits per heavy atom. The molecule has 1 aliphatic carbocycles. The van der Waals surface area contributed by atoms with Crippen molar-refractivity contribution in [3.05, 3.63) is 83.6 Å². The van der Waals surface area contributed by atoms with Gasteiger partial charge in [-0.15, -0.1) is 0 Å². The lowest BCUT2D eigenvalue weighted by atomic mass is 9.70. The molecule has 4 aromatic rings. The third-order valence-electron chi connectivity index (χ3n) is 10.5. The first kappa shape index (κ1) is 36.9. The normalized spacial score (nSPS) is 13.8. The van der Waals surface area contributed by atoms with Gasteiger partial charge in [-0.25, -0.2) is 15.0 Å². The van der Waals surface area contributed by atoms with Crippen molar-refractivity contribution in [3.8, 4) is 33.8 Å². The van der Waals surface area contributed by atoms with Crippen LogP contribution in [0.1, 0.15) is 168 Å². The van der Waals surface area contributed by atoms with Crippen molar-refractivity contribution in [2.45, 2.75) is 162 Å². The summed E-state index contributed by atoms with van der Waals surface area (Å²) in [6, 6.07) is 20.7. The molecule has 4 heteroatoms. The highest BCUT2D eigenvalue weighted by molar-refractivity contribution is 5.83. The highest BCUT2D eigenvalue weighted by Gasteiger charge is 2.42. The number of nitrogens with zero attached hydrogens (tertiary/aromatic N) is 4. The predicted octanol–water partition coefficient (Wildman–Crippen LogP) is 13.0. The van der Waals surface area contributed by atoms with Crippen molar-refractivity contribution in [2.24, 2.45) is 0 Å². The minimum atomic E-state index is -0.176. The summed E-state index contributed by atoms with van der Waals surface area (Å²) >= 11 is 0. The van der Waals surface area contributed by atoms with Crippen LogP contribution in [0.3, 0.4) is 0 Å². The standard InChI is InChI=1S/C45H62N4/c1-9-11-13-15-17-21-29-45(30-22-18-16-14-12-10-2)37-24-20-19-23-35(37)36-27-25-33(31-38(36)45)39-28-26-34(32-46-39)40-47-41(43(3,4)5)49-42(48-40)44(6,7)8/h19-20,23-28,31-32H,9-18,21-22,29-30H2,1-8H3. The molecule has 0 N–H and O–H groups in total. The maximum Gasteiger partial charge on any atom is 0.164 e. The Morgan fingerprint density at radius 2 is 1.06 bits per heavy atom. The Kier molecular flexibility index (Phi) is 12.1. The second-order valence-corrected chi connectivity index (χ2v) is 16.7. The number of aromatic nitrogens is 4. The number of benzene rings is 2. The number of fused-ring (bicyclic) bond motifs is 3. The molecule has 0 radical (unpaired) electrons. The summed E-state index contributed by atoms with van der Waals surface area (Å²) in [7, 11) is 0. The monoisotopic (exact) mass is 658 g/mol. The van der Waals surface area contributed by atoms with E-state index in [2.05, 4.69) is 110 Å². The van der Waals surface area contributed by atoms with Gasteiger partial charge in [0, 0.05) is 33.6 Å². The van der Waals surface area contributed by atoms with Crippen LogP contribution < -0.4 is 0 Å². The van der Waals surface area contributed by atoms with E-state index in [1.54, 1.807) is 5.56 Å². The molecule has 2 heterocycles. The van der Waals surface area contributed by atoms with Crippen molar-refractivity contribution in [1.29, 1.82) is 0 Å². The SMILES string of the molecule is CCCCCCCCC1(CCCCCCCC)c2ccccc2-c2ccc(-c3ccc(-c4nc(C(C)(C)C)nc(C(C)(C)C)n4)cn3)cc21. The highest BCUT2D eigenvalue weighted by atomic mass is 15.1. The molecule has 0 fully saturated rings. The topological polar surface area (TPSA) is 51.6 Å². The molecule has 1 aliphatic rings. The first-order chi connectivity index (χ1) is 23.5. The molecule has 0 saturated heterocycles. The molecule has 0 bridgehead atoms. The van der Waals surface area contributed by atoms with E-state index in [9.17, 15) is 0 Å². The predicted molar refractivity (Wildman–Crippen MR) is 208 cm³/mol. The quantitative estimate of drug-likeness (QED) is 0.112. The molecule has 0 spiro atoms. The van der Waals surface area contributed by atoms with Gasteiger partial charge in [-0.3, -0.25) is 4.98 Å². The summed E-state index contributed by atoms with van der Waals surface area (Å²) in [5, 5.41) is 0. The van der Waals surface area contributed by atoms with Gasteiger partial charge in [0.25, 0.3) is 0 Å². The average Bonchev–Trinajstić information content (AvgIpc) is 3.36. The Hall–Kier alpha value is -3.40. The zero-order valence-electron chi connectivity index (χ0n) is 32.0. The van der Waals surface area contributed by atoms with E-state index in [4.69, 9.17) is 19.9 Å². The molecule has 0 aliphatic heterocycles. The molecule has 5 rings (SSSR count). The van der Waals surface area contributed by atoms with Crippen LogP contribution >= 0.6 is 0 Å². The minimum Gasteiger partial charge on any atom is -0.255 e. The molecule has 4 nitrogen and oxygen atoms in total. The summed E-state index contributed by atoms with van der Waals surface area (Å²) < 4.78 is 0. The van der Waals surface area contributed by atoms with Crippen LogP contribution in [0.25, 0.3) is 33.8 Å². The summed E-state index contributed by atoms with van der Waals surface area (Å²) in [6.45, 7) is 17.6. The molecular weight excluding hydrogens is 597 g/mol. The van der Waals surface area contributed by atoms with E-state index in [0.29, 0.717) is 5.82 Å². The van der Waals surface area contributed by atoms with E-state index in [0.717, 1.165) is 22.9 Å². The number of unbranched alkanes of at least 4 members (excludes halogenated alkanes) is 10. The zero-order chi connectivity index (χ0) is 35.1. The summed E-state index contributed by atoms with van der Waals surface area (Å²) in [5.41, 5.74) is 8.74. The lowest BCUT2D eigenvalue weighted by Gasteiger charge is -2.33. The Labute approximate surface area is 298 Å². The van der Waals surface area contributed by atoms with Crippen molar-refractivity contribution < 1.29 is 0 Å². The summed E-state index contributed by atoms with van der Waals surface area (Å²) in [5.74, 6) is 2.33. The van der Waals surface area contributed by atoms with Crippen LogP contribution in [0.15, 0.2) is 60.8 Å². The fraction of sp³-hybridized carbons (Fsp3) is 0.556. The van der Waals surface area contributed by atoms with Crippen molar-refractivity contribution >= 4 is 0 Å². The van der Waals surface area contributed by atoms with Gasteiger partial charge in [-0.2, -0.15) is 0 Å². The van der Waals surface area contributed by atoms with Gasteiger partial charge in [-0.1, -0.05) is 169 Å². The largest absolute Gasteiger partial charge is 0.255 e. The van der Waals surface area contributed by atoms with Crippen molar-refractivity contribution in [1.82, 2.24) is 19.9 Å². The summed E-state index contributed by atoms with van der Waals surface area (Å²) in [6.07, 6.45) is 20.3. The second-order valence-electron chi connectivity index (χ2n) is 16.7. The van der Waals surface area contributed by atoms with Gasteiger partial charge in [0.15, 0.2) is 5.82 Å². The van der Waals surface area contributed by atoms with Gasteiger partial charge in [0.1, 0.15) is 11.6 Å². The van der Waals surface area contributed by atoms with E-state index < -0.39 is 0 Å².